The predicted octanol–water partition coefficient (Wildman–Crippen LogP) is 4.46. The van der Waals surface area contributed by atoms with E-state index in [1.54, 1.807) is 0 Å². The van der Waals surface area contributed by atoms with Gasteiger partial charge in [-0.2, -0.15) is 0 Å². The van der Waals surface area contributed by atoms with E-state index in [9.17, 15) is 26.3 Å². The molecular weight excluding hydrogens is 551 g/mol. The number of hydrogen-bond acceptors (Lipinski definition) is 0. The van der Waals surface area contributed by atoms with E-state index in [4.69, 9.17) is 0 Å². The summed E-state index contributed by atoms with van der Waals surface area (Å²) in [5.41, 5.74) is 0. The van der Waals surface area contributed by atoms with Crippen LogP contribution in [-0.4, -0.2) is 13.3 Å². The van der Waals surface area contributed by atoms with E-state index in [0.29, 0.717) is 0 Å². The van der Waals surface area contributed by atoms with Gasteiger partial charge in [-0.25, -0.2) is 0 Å². The van der Waals surface area contributed by atoms with Crippen LogP contribution in [-0.2, 0) is 0 Å². The van der Waals surface area contributed by atoms with Crippen LogP contribution in [0.15, 0.2) is 60.7 Å². The maximum absolute atomic E-state index is 15.3. The van der Waals surface area contributed by atoms with Crippen molar-refractivity contribution in [2.45, 2.75) is 0 Å². The molecule has 0 nitrogen and oxygen atoms in total. The van der Waals surface area contributed by atoms with Crippen LogP contribution >= 0.6 is 0 Å². The van der Waals surface area contributed by atoms with Gasteiger partial charge < -0.3 is 0 Å². The number of rotatable bonds is 4. The molecule has 0 spiro atoms. The van der Waals surface area contributed by atoms with E-state index in [1.807, 2.05) is 0 Å². The van der Waals surface area contributed by atoms with Gasteiger partial charge in [0.15, 0.2) is 0 Å². The van der Waals surface area contributed by atoms with Crippen molar-refractivity contribution < 1.29 is 43.9 Å². The fourth-order valence-corrected chi connectivity index (χ4v) is 14.3. The Bertz CT molecular complexity index is 1270. The summed E-state index contributed by atoms with van der Waals surface area (Å²) in [6, 6.07) is 12.0. The molecule has 35 heavy (non-hydrogen) atoms. The van der Waals surface area contributed by atoms with Crippen LogP contribution in [0.3, 0.4) is 0 Å². The Morgan fingerprint density at radius 3 is 0.800 bits per heavy atom. The van der Waals surface area contributed by atoms with Gasteiger partial charge in [0.2, 0.25) is 0 Å². The normalized spacial score (nSPS) is 11.7. The van der Waals surface area contributed by atoms with Gasteiger partial charge in [0.05, 0.1) is 0 Å². The molecule has 0 saturated carbocycles. The third-order valence-electron chi connectivity index (χ3n) is 5.58. The zero-order valence-corrected chi connectivity index (χ0v) is 19.2. The molecule has 0 radical (unpaired) electrons. The Labute approximate surface area is 193 Å². The molecule has 0 N–H and O–H groups in total. The molecule has 0 atom stereocenters. The Morgan fingerprint density at radius 1 is 0.314 bits per heavy atom. The first-order valence-electron chi connectivity index (χ1n) is 9.71. The van der Waals surface area contributed by atoms with E-state index in [-0.39, 0.29) is 8.79 Å². The van der Waals surface area contributed by atoms with E-state index in [2.05, 4.69) is 0 Å². The maximum atomic E-state index is 15.3. The van der Waals surface area contributed by atoms with Gasteiger partial charge in [-0.05, 0) is 0 Å². The summed E-state index contributed by atoms with van der Waals surface area (Å²) in [4.78, 5) is 0. The predicted molar refractivity (Wildman–Crippen MR) is 110 cm³/mol. The van der Waals surface area contributed by atoms with Gasteiger partial charge in [0.1, 0.15) is 0 Å². The molecule has 0 fully saturated rings. The first-order chi connectivity index (χ1) is 16.6. The van der Waals surface area contributed by atoms with Gasteiger partial charge in [0, 0.05) is 0 Å². The molecular formula is C24H10F10Ge. The fraction of sp³-hybridized carbons (Fsp3) is 0. The monoisotopic (exact) mass is 562 g/mol. The molecule has 4 aromatic rings. The van der Waals surface area contributed by atoms with E-state index in [1.165, 1.54) is 36.4 Å². The molecule has 0 unspecified atom stereocenters. The summed E-state index contributed by atoms with van der Waals surface area (Å²) in [5, 5.41) is 0. The number of hydrogen-bond donors (Lipinski definition) is 0. The molecule has 180 valence electrons. The topological polar surface area (TPSA) is 0 Å². The van der Waals surface area contributed by atoms with Gasteiger partial charge in [-0.1, -0.05) is 0 Å². The summed E-state index contributed by atoms with van der Waals surface area (Å²) < 4.78 is 143. The minimum absolute atomic E-state index is 0.356. The first kappa shape index (κ1) is 24.8. The Morgan fingerprint density at radius 2 is 0.543 bits per heavy atom. The minimum atomic E-state index is -6.22. The van der Waals surface area contributed by atoms with Gasteiger partial charge in [-0.15, -0.1) is 0 Å². The Hall–Kier alpha value is -3.28. The average molecular weight is 561 g/mol. The Balaban J connectivity index is 2.41. The summed E-state index contributed by atoms with van der Waals surface area (Å²) in [6.07, 6.45) is 0. The molecule has 0 saturated heterocycles. The second kappa shape index (κ2) is 9.06. The SMILES string of the molecule is Fc1c(F)c(F)[c]([Ge]([c]2ccccc2)([c]2ccccc2)[c]2c(F)c(F)c(F)c(F)c2F)c(F)c1F. The van der Waals surface area contributed by atoms with Crippen molar-refractivity contribution >= 4 is 30.8 Å². The standard InChI is InChI=1S/C24H10F10Ge/c25-13-15(27)19(31)23(20(32)16(13)28)35(11-7-3-1-4-8-11,12-9-5-2-6-10-12)24-21(33)17(29)14(26)18(30)22(24)34/h1-10H. The van der Waals surface area contributed by atoms with Crippen LogP contribution in [0.25, 0.3) is 0 Å². The van der Waals surface area contributed by atoms with Crippen molar-refractivity contribution in [3.05, 3.63) is 119 Å². The van der Waals surface area contributed by atoms with Gasteiger partial charge in [-0.3, -0.25) is 0 Å². The second-order valence-corrected chi connectivity index (χ2v) is 15.0. The first-order valence-corrected chi connectivity index (χ1v) is 13.9. The molecule has 0 bridgehead atoms. The summed E-state index contributed by atoms with van der Waals surface area (Å²) in [6.45, 7) is 0. The van der Waals surface area contributed by atoms with Crippen molar-refractivity contribution in [3.63, 3.8) is 0 Å². The summed E-state index contributed by atoms with van der Waals surface area (Å²) in [5.74, 6) is -24.5. The van der Waals surface area contributed by atoms with Crippen LogP contribution in [0.4, 0.5) is 43.9 Å². The Kier molecular flexibility index (Phi) is 6.43. The zero-order valence-electron chi connectivity index (χ0n) is 17.1. The van der Waals surface area contributed by atoms with Crippen LogP contribution in [0.2, 0.25) is 0 Å². The molecule has 0 aliphatic carbocycles. The molecule has 4 rings (SSSR count). The summed E-state index contributed by atoms with van der Waals surface area (Å²) in [7, 11) is 0. The number of halogens is 10. The van der Waals surface area contributed by atoms with Crippen molar-refractivity contribution in [2.24, 2.45) is 0 Å². The molecule has 0 aromatic heterocycles. The second-order valence-electron chi connectivity index (χ2n) is 7.37. The van der Waals surface area contributed by atoms with Crippen LogP contribution in [0, 0.1) is 58.2 Å². The fourth-order valence-electron chi connectivity index (χ4n) is 4.11. The van der Waals surface area contributed by atoms with Crippen molar-refractivity contribution in [3.8, 4) is 0 Å². The molecule has 4 aromatic carbocycles. The molecule has 0 aliphatic heterocycles. The van der Waals surface area contributed by atoms with Gasteiger partial charge >= 0.3 is 194 Å². The van der Waals surface area contributed by atoms with E-state index in [0.717, 1.165) is 24.3 Å². The molecule has 0 amide bonds. The number of benzene rings is 4. The van der Waals surface area contributed by atoms with Crippen molar-refractivity contribution in [2.75, 3.05) is 0 Å². The van der Waals surface area contributed by atoms with E-state index >= 15 is 17.6 Å². The van der Waals surface area contributed by atoms with E-state index < -0.39 is 80.2 Å². The van der Waals surface area contributed by atoms with Crippen LogP contribution < -0.4 is 17.6 Å². The van der Waals surface area contributed by atoms with Crippen LogP contribution in [0.5, 0.6) is 0 Å². The quantitative estimate of drug-likeness (QED) is 0.150. The molecule has 0 aliphatic rings. The third-order valence-corrected chi connectivity index (χ3v) is 15.6. The molecule has 0 heterocycles. The van der Waals surface area contributed by atoms with Crippen molar-refractivity contribution in [1.29, 1.82) is 0 Å². The third kappa shape index (κ3) is 3.53. The van der Waals surface area contributed by atoms with Gasteiger partial charge in [0.25, 0.3) is 0 Å². The average Bonchev–Trinajstić information content (AvgIpc) is 2.88. The zero-order chi connectivity index (χ0) is 25.7. The van der Waals surface area contributed by atoms with Crippen molar-refractivity contribution in [1.82, 2.24) is 0 Å². The van der Waals surface area contributed by atoms with Crippen LogP contribution in [0.1, 0.15) is 0 Å². The molecule has 11 heteroatoms. The summed E-state index contributed by atoms with van der Waals surface area (Å²) >= 11 is -6.22.